The van der Waals surface area contributed by atoms with E-state index in [1.54, 1.807) is 31.3 Å². The molecule has 0 saturated carbocycles. The number of aromatic nitrogens is 4. The van der Waals surface area contributed by atoms with Crippen molar-refractivity contribution in [2.24, 2.45) is 0 Å². The maximum atomic E-state index is 11.7. The third-order valence-corrected chi connectivity index (χ3v) is 5.53. The van der Waals surface area contributed by atoms with E-state index in [0.29, 0.717) is 32.7 Å². The van der Waals surface area contributed by atoms with E-state index in [4.69, 9.17) is 5.73 Å². The van der Waals surface area contributed by atoms with Crippen molar-refractivity contribution in [3.8, 4) is 10.6 Å². The summed E-state index contributed by atoms with van der Waals surface area (Å²) in [7, 11) is -3.25. The lowest BCUT2D eigenvalue weighted by Crippen LogP contribution is -2.04. The van der Waals surface area contributed by atoms with Crippen LogP contribution in [-0.4, -0.2) is 34.8 Å². The summed E-state index contributed by atoms with van der Waals surface area (Å²) in [5.41, 5.74) is 7.93. The van der Waals surface area contributed by atoms with Gasteiger partial charge in [-0.15, -0.1) is 10.2 Å². The Morgan fingerprint density at radius 2 is 1.96 bits per heavy atom. The number of rotatable bonds is 4. The lowest BCUT2D eigenvalue weighted by molar-refractivity contribution is 0.601. The Bertz CT molecular complexity index is 1050. The lowest BCUT2D eigenvalue weighted by atomic mass is 10.2. The predicted molar refractivity (Wildman–Crippen MR) is 97.7 cm³/mol. The van der Waals surface area contributed by atoms with Crippen LogP contribution in [0.1, 0.15) is 10.6 Å². The molecule has 1 aromatic carbocycles. The predicted octanol–water partition coefficient (Wildman–Crippen LogP) is 2.34. The molecule has 0 aliphatic carbocycles. The SMILES string of the molecule is Cc1nnc(-c2cnc(Nc3ccc(S(C)(=O)=O)c(C)c3)nc2N)s1. The van der Waals surface area contributed by atoms with Crippen LogP contribution in [0, 0.1) is 13.8 Å². The molecule has 0 radical (unpaired) electrons. The van der Waals surface area contributed by atoms with Gasteiger partial charge in [-0.25, -0.2) is 13.4 Å². The zero-order valence-electron chi connectivity index (χ0n) is 13.8. The van der Waals surface area contributed by atoms with Gasteiger partial charge in [0, 0.05) is 18.1 Å². The maximum absolute atomic E-state index is 11.7. The number of aryl methyl sites for hydroxylation is 2. The van der Waals surface area contributed by atoms with Gasteiger partial charge in [0.15, 0.2) is 14.8 Å². The molecular formula is C15H16N6O2S2. The standard InChI is InChI=1S/C15H16N6O2S2/c1-8-6-10(4-5-12(8)25(3,22)23)18-15-17-7-11(13(16)19-15)14-21-20-9(2)24-14/h4-7H,1-3H3,(H3,16,17,18,19). The molecule has 0 spiro atoms. The van der Waals surface area contributed by atoms with Crippen molar-refractivity contribution >= 4 is 38.6 Å². The first-order valence-corrected chi connectivity index (χ1v) is 9.95. The fourth-order valence-corrected chi connectivity index (χ4v) is 3.97. The minimum Gasteiger partial charge on any atom is -0.383 e. The second-order valence-electron chi connectivity index (χ2n) is 5.50. The van der Waals surface area contributed by atoms with Crippen LogP contribution in [-0.2, 0) is 9.84 Å². The highest BCUT2D eigenvalue weighted by Crippen LogP contribution is 2.28. The summed E-state index contributed by atoms with van der Waals surface area (Å²) < 4.78 is 23.3. The quantitative estimate of drug-likeness (QED) is 0.711. The molecule has 3 aromatic rings. The van der Waals surface area contributed by atoms with Crippen LogP contribution < -0.4 is 11.1 Å². The molecule has 3 rings (SSSR count). The van der Waals surface area contributed by atoms with E-state index >= 15 is 0 Å². The monoisotopic (exact) mass is 376 g/mol. The molecule has 8 nitrogen and oxygen atoms in total. The maximum Gasteiger partial charge on any atom is 0.229 e. The number of nitrogens with zero attached hydrogens (tertiary/aromatic N) is 4. The van der Waals surface area contributed by atoms with E-state index in [1.165, 1.54) is 17.6 Å². The van der Waals surface area contributed by atoms with E-state index < -0.39 is 9.84 Å². The summed E-state index contributed by atoms with van der Waals surface area (Å²) >= 11 is 1.41. The topological polar surface area (TPSA) is 124 Å². The Hall–Kier alpha value is -2.59. The minimum atomic E-state index is -3.25. The molecule has 0 aliphatic rings. The molecule has 0 fully saturated rings. The van der Waals surface area contributed by atoms with Crippen molar-refractivity contribution < 1.29 is 8.42 Å². The number of hydrogen-bond acceptors (Lipinski definition) is 9. The molecule has 2 aromatic heterocycles. The van der Waals surface area contributed by atoms with Crippen molar-refractivity contribution in [3.05, 3.63) is 35.0 Å². The summed E-state index contributed by atoms with van der Waals surface area (Å²) in [5.74, 6) is 0.604. The van der Waals surface area contributed by atoms with Crippen molar-refractivity contribution in [1.29, 1.82) is 0 Å². The van der Waals surface area contributed by atoms with Crippen molar-refractivity contribution in [1.82, 2.24) is 20.2 Å². The molecule has 0 unspecified atom stereocenters. The summed E-state index contributed by atoms with van der Waals surface area (Å²) in [6.07, 6.45) is 2.77. The summed E-state index contributed by atoms with van der Waals surface area (Å²) in [5, 5.41) is 12.5. The van der Waals surface area contributed by atoms with E-state index in [-0.39, 0.29) is 5.82 Å². The molecule has 0 bridgehead atoms. The molecule has 130 valence electrons. The molecule has 0 atom stereocenters. The minimum absolute atomic E-state index is 0.290. The molecule has 0 aliphatic heterocycles. The second-order valence-corrected chi connectivity index (χ2v) is 8.66. The molecular weight excluding hydrogens is 360 g/mol. The highest BCUT2D eigenvalue weighted by Gasteiger charge is 2.13. The van der Waals surface area contributed by atoms with Gasteiger partial charge in [0.25, 0.3) is 0 Å². The number of hydrogen-bond donors (Lipinski definition) is 2. The van der Waals surface area contributed by atoms with Gasteiger partial charge in [-0.05, 0) is 37.6 Å². The highest BCUT2D eigenvalue weighted by atomic mass is 32.2. The number of sulfone groups is 1. The summed E-state index contributed by atoms with van der Waals surface area (Å²) in [6, 6.07) is 4.93. The Kier molecular flexibility index (Phi) is 4.39. The second kappa shape index (κ2) is 6.37. The van der Waals surface area contributed by atoms with Crippen molar-refractivity contribution in [2.75, 3.05) is 17.3 Å². The Morgan fingerprint density at radius 1 is 1.20 bits per heavy atom. The number of nitrogen functional groups attached to an aromatic ring is 1. The highest BCUT2D eigenvalue weighted by molar-refractivity contribution is 7.90. The number of nitrogens with one attached hydrogen (secondary N) is 1. The van der Waals surface area contributed by atoms with Gasteiger partial charge in [0.05, 0.1) is 10.5 Å². The smallest absolute Gasteiger partial charge is 0.229 e. The van der Waals surface area contributed by atoms with Gasteiger partial charge in [0.1, 0.15) is 10.8 Å². The molecule has 0 saturated heterocycles. The zero-order valence-corrected chi connectivity index (χ0v) is 15.4. The van der Waals surface area contributed by atoms with Gasteiger partial charge in [-0.1, -0.05) is 11.3 Å². The molecule has 0 amide bonds. The first-order chi connectivity index (χ1) is 11.7. The van der Waals surface area contributed by atoms with Gasteiger partial charge in [-0.3, -0.25) is 0 Å². The zero-order chi connectivity index (χ0) is 18.2. The third-order valence-electron chi connectivity index (χ3n) is 3.41. The van der Waals surface area contributed by atoms with E-state index in [0.717, 1.165) is 5.01 Å². The number of nitrogens with two attached hydrogens (primary N) is 1. The number of benzene rings is 1. The first-order valence-electron chi connectivity index (χ1n) is 7.25. The van der Waals surface area contributed by atoms with Gasteiger partial charge in [-0.2, -0.15) is 4.98 Å². The van der Waals surface area contributed by atoms with Gasteiger partial charge >= 0.3 is 0 Å². The van der Waals surface area contributed by atoms with Crippen LogP contribution in [0.25, 0.3) is 10.6 Å². The molecule has 2 heterocycles. The van der Waals surface area contributed by atoms with Crippen molar-refractivity contribution in [3.63, 3.8) is 0 Å². The van der Waals surface area contributed by atoms with E-state index in [9.17, 15) is 8.42 Å². The lowest BCUT2D eigenvalue weighted by Gasteiger charge is -2.09. The first kappa shape index (κ1) is 17.2. The van der Waals surface area contributed by atoms with Crippen molar-refractivity contribution in [2.45, 2.75) is 18.7 Å². The molecule has 25 heavy (non-hydrogen) atoms. The summed E-state index contributed by atoms with van der Waals surface area (Å²) in [4.78, 5) is 8.76. The van der Waals surface area contributed by atoms with Crippen LogP contribution in [0.3, 0.4) is 0 Å². The van der Waals surface area contributed by atoms with Crippen LogP contribution >= 0.6 is 11.3 Å². The Balaban J connectivity index is 1.87. The largest absolute Gasteiger partial charge is 0.383 e. The fraction of sp³-hybridized carbons (Fsp3) is 0.200. The molecule has 10 heteroatoms. The fourth-order valence-electron chi connectivity index (χ4n) is 2.30. The average molecular weight is 376 g/mol. The normalized spacial score (nSPS) is 11.5. The van der Waals surface area contributed by atoms with Crippen LogP contribution in [0.15, 0.2) is 29.3 Å². The number of anilines is 3. The average Bonchev–Trinajstić information content (AvgIpc) is 2.92. The summed E-state index contributed by atoms with van der Waals surface area (Å²) in [6.45, 7) is 3.59. The third kappa shape index (κ3) is 3.74. The van der Waals surface area contributed by atoms with Gasteiger partial charge in [0.2, 0.25) is 5.95 Å². The van der Waals surface area contributed by atoms with E-state index in [1.807, 2.05) is 6.92 Å². The Morgan fingerprint density at radius 3 is 2.52 bits per heavy atom. The van der Waals surface area contributed by atoms with Crippen LogP contribution in [0.4, 0.5) is 17.5 Å². The van der Waals surface area contributed by atoms with Crippen LogP contribution in [0.5, 0.6) is 0 Å². The van der Waals surface area contributed by atoms with Gasteiger partial charge < -0.3 is 11.1 Å². The van der Waals surface area contributed by atoms with Crippen LogP contribution in [0.2, 0.25) is 0 Å². The van der Waals surface area contributed by atoms with E-state index in [2.05, 4.69) is 25.5 Å². The Labute approximate surface area is 149 Å². The molecule has 3 N–H and O–H groups in total.